The lowest BCUT2D eigenvalue weighted by Crippen LogP contribution is -2.23. The molecule has 0 aromatic heterocycles. The molecule has 0 saturated heterocycles. The number of hydrogen-bond donors (Lipinski definition) is 0. The van der Waals surface area contributed by atoms with Crippen LogP contribution in [-0.4, -0.2) is 0 Å². The Morgan fingerprint density at radius 2 is 0.780 bits per heavy atom. The van der Waals surface area contributed by atoms with Crippen LogP contribution in [0.2, 0.25) is 0 Å². The van der Waals surface area contributed by atoms with E-state index in [0.29, 0.717) is 0 Å². The Kier molecular flexibility index (Phi) is 7.31. The molecular formula is C57H40N2. The molecule has 1 heterocycles. The van der Waals surface area contributed by atoms with E-state index in [1.165, 1.54) is 76.8 Å². The highest BCUT2D eigenvalue weighted by Gasteiger charge is 2.37. The predicted molar refractivity (Wildman–Crippen MR) is 250 cm³/mol. The standard InChI is InChI=1S/C57H40N2/c1-57(2)48-28-14-13-27-45(48)56-41-24-10-9-23-40(41)47(36-49(56)57)55-43-26-12-11-25-42(43)54(37-19-5-3-6-20-37)44-34-33-39(35-46(44)55)59-52-31-17-15-29-50(52)58(38-21-7-4-8-22-38)51-30-16-18-32-53(51)59/h3-36H,1-2H3. The van der Waals surface area contributed by atoms with Crippen LogP contribution in [0.4, 0.5) is 34.1 Å². The third-order valence-corrected chi connectivity index (χ3v) is 12.9. The number of nitrogens with zero attached hydrogens (tertiary/aromatic N) is 2. The Hall–Kier alpha value is -7.42. The first-order chi connectivity index (χ1) is 29.1. The maximum atomic E-state index is 2.54. The van der Waals surface area contributed by atoms with E-state index in [0.717, 1.165) is 34.1 Å². The Morgan fingerprint density at radius 1 is 0.305 bits per heavy atom. The van der Waals surface area contributed by atoms with Gasteiger partial charge in [-0.2, -0.15) is 0 Å². The van der Waals surface area contributed by atoms with Gasteiger partial charge in [-0.15, -0.1) is 0 Å². The number of para-hydroxylation sites is 5. The normalized spacial score (nSPS) is 13.7. The molecule has 0 atom stereocenters. The van der Waals surface area contributed by atoms with Gasteiger partial charge in [-0.25, -0.2) is 0 Å². The number of hydrogen-bond acceptors (Lipinski definition) is 2. The van der Waals surface area contributed by atoms with Gasteiger partial charge in [0.25, 0.3) is 0 Å². The number of benzene rings is 10. The maximum absolute atomic E-state index is 2.54. The van der Waals surface area contributed by atoms with Gasteiger partial charge in [-0.3, -0.25) is 0 Å². The molecule has 0 fully saturated rings. The number of fused-ring (bicyclic) bond motifs is 9. The van der Waals surface area contributed by atoms with Crippen molar-refractivity contribution >= 4 is 66.4 Å². The van der Waals surface area contributed by atoms with Crippen LogP contribution in [0.15, 0.2) is 206 Å². The fraction of sp³-hybridized carbons (Fsp3) is 0.0526. The quantitative estimate of drug-likeness (QED) is 0.165. The Labute approximate surface area is 344 Å². The van der Waals surface area contributed by atoms with E-state index < -0.39 is 0 Å². The van der Waals surface area contributed by atoms with E-state index in [2.05, 4.69) is 230 Å². The van der Waals surface area contributed by atoms with Crippen molar-refractivity contribution < 1.29 is 0 Å². The summed E-state index contributed by atoms with van der Waals surface area (Å²) in [5, 5.41) is 7.57. The summed E-state index contributed by atoms with van der Waals surface area (Å²) < 4.78 is 0. The SMILES string of the molecule is CC1(C)c2ccccc2-c2c1cc(-c1c3ccccc3c(-c3ccccc3)c3ccc(N4c5ccccc5N(c5ccccc5)c5ccccc54)cc13)c1ccccc21. The molecule has 2 heteroatoms. The van der Waals surface area contributed by atoms with Crippen molar-refractivity contribution in [3.63, 3.8) is 0 Å². The van der Waals surface area contributed by atoms with Gasteiger partial charge in [-0.1, -0.05) is 166 Å². The van der Waals surface area contributed by atoms with Gasteiger partial charge >= 0.3 is 0 Å². The molecule has 0 unspecified atom stereocenters. The van der Waals surface area contributed by atoms with Crippen LogP contribution in [0.5, 0.6) is 0 Å². The highest BCUT2D eigenvalue weighted by molar-refractivity contribution is 6.25. The molecule has 2 aliphatic rings. The summed E-state index contributed by atoms with van der Waals surface area (Å²) in [6, 6.07) is 76.2. The van der Waals surface area contributed by atoms with E-state index in [1.807, 2.05) is 0 Å². The summed E-state index contributed by atoms with van der Waals surface area (Å²) in [6.45, 7) is 4.79. The highest BCUT2D eigenvalue weighted by Crippen LogP contribution is 2.57. The molecular weight excluding hydrogens is 713 g/mol. The van der Waals surface area contributed by atoms with Crippen molar-refractivity contribution in [3.05, 3.63) is 217 Å². The average Bonchev–Trinajstić information content (AvgIpc) is 3.53. The molecule has 0 amide bonds. The van der Waals surface area contributed by atoms with E-state index >= 15 is 0 Å². The van der Waals surface area contributed by atoms with Gasteiger partial charge in [0.1, 0.15) is 0 Å². The van der Waals surface area contributed by atoms with Crippen LogP contribution in [0.1, 0.15) is 25.0 Å². The first-order valence-electron chi connectivity index (χ1n) is 20.6. The molecule has 10 aromatic carbocycles. The monoisotopic (exact) mass is 752 g/mol. The summed E-state index contributed by atoms with van der Waals surface area (Å²) in [7, 11) is 0. The predicted octanol–water partition coefficient (Wildman–Crippen LogP) is 16.0. The Bertz CT molecular complexity index is 3260. The lowest BCUT2D eigenvalue weighted by molar-refractivity contribution is 0.661. The van der Waals surface area contributed by atoms with Crippen molar-refractivity contribution in [2.75, 3.05) is 9.80 Å². The van der Waals surface area contributed by atoms with Crippen molar-refractivity contribution in [3.8, 4) is 33.4 Å². The molecule has 0 spiro atoms. The van der Waals surface area contributed by atoms with Gasteiger partial charge in [0.15, 0.2) is 0 Å². The molecule has 2 nitrogen and oxygen atoms in total. The Morgan fingerprint density at radius 3 is 1.42 bits per heavy atom. The smallest absolute Gasteiger partial charge is 0.0703 e. The molecule has 59 heavy (non-hydrogen) atoms. The van der Waals surface area contributed by atoms with Crippen molar-refractivity contribution in [1.29, 1.82) is 0 Å². The lowest BCUT2D eigenvalue weighted by atomic mass is 9.79. The van der Waals surface area contributed by atoms with Crippen molar-refractivity contribution in [2.24, 2.45) is 0 Å². The first-order valence-corrected chi connectivity index (χ1v) is 20.6. The minimum absolute atomic E-state index is 0.155. The lowest BCUT2D eigenvalue weighted by Gasteiger charge is -2.40. The zero-order chi connectivity index (χ0) is 39.2. The van der Waals surface area contributed by atoms with Crippen LogP contribution >= 0.6 is 0 Å². The first kappa shape index (κ1) is 33.7. The minimum Gasteiger partial charge on any atom is -0.306 e. The van der Waals surface area contributed by atoms with E-state index in [1.54, 1.807) is 0 Å². The molecule has 0 radical (unpaired) electrons. The fourth-order valence-electron chi connectivity index (χ4n) is 10.3. The summed E-state index contributed by atoms with van der Waals surface area (Å²) in [6.07, 6.45) is 0. The summed E-state index contributed by atoms with van der Waals surface area (Å²) in [5.74, 6) is 0. The summed E-state index contributed by atoms with van der Waals surface area (Å²) in [5.41, 5.74) is 17.2. The van der Waals surface area contributed by atoms with Crippen LogP contribution in [0.3, 0.4) is 0 Å². The van der Waals surface area contributed by atoms with Crippen molar-refractivity contribution in [1.82, 2.24) is 0 Å². The summed E-state index contributed by atoms with van der Waals surface area (Å²) in [4.78, 5) is 4.86. The largest absolute Gasteiger partial charge is 0.306 e. The maximum Gasteiger partial charge on any atom is 0.0703 e. The molecule has 1 aliphatic heterocycles. The van der Waals surface area contributed by atoms with E-state index in [9.17, 15) is 0 Å². The van der Waals surface area contributed by atoms with Gasteiger partial charge in [-0.05, 0) is 131 Å². The van der Waals surface area contributed by atoms with Gasteiger partial charge in [0.2, 0.25) is 0 Å². The average molecular weight is 753 g/mol. The minimum atomic E-state index is -0.155. The second kappa shape index (κ2) is 12.8. The molecule has 1 aliphatic carbocycles. The van der Waals surface area contributed by atoms with Crippen LogP contribution in [0.25, 0.3) is 65.7 Å². The third kappa shape index (κ3) is 4.87. The molecule has 10 aromatic rings. The number of anilines is 6. The fourth-order valence-corrected chi connectivity index (χ4v) is 10.3. The molecule has 0 N–H and O–H groups in total. The van der Waals surface area contributed by atoms with Gasteiger partial charge < -0.3 is 9.80 Å². The van der Waals surface area contributed by atoms with Gasteiger partial charge in [0.05, 0.1) is 22.7 Å². The molecule has 12 rings (SSSR count). The van der Waals surface area contributed by atoms with E-state index in [4.69, 9.17) is 0 Å². The second-order valence-electron chi connectivity index (χ2n) is 16.4. The van der Waals surface area contributed by atoms with Gasteiger partial charge in [0, 0.05) is 16.8 Å². The number of rotatable bonds is 4. The van der Waals surface area contributed by atoms with E-state index in [-0.39, 0.29) is 5.41 Å². The topological polar surface area (TPSA) is 6.48 Å². The van der Waals surface area contributed by atoms with Crippen LogP contribution < -0.4 is 9.80 Å². The highest BCUT2D eigenvalue weighted by atomic mass is 15.3. The molecule has 278 valence electrons. The molecule has 0 bridgehead atoms. The Balaban J connectivity index is 1.20. The summed E-state index contributed by atoms with van der Waals surface area (Å²) >= 11 is 0. The molecule has 0 saturated carbocycles. The zero-order valence-corrected chi connectivity index (χ0v) is 33.0. The van der Waals surface area contributed by atoms with Crippen LogP contribution in [-0.2, 0) is 5.41 Å². The third-order valence-electron chi connectivity index (χ3n) is 12.9. The van der Waals surface area contributed by atoms with Crippen molar-refractivity contribution in [2.45, 2.75) is 19.3 Å². The zero-order valence-electron chi connectivity index (χ0n) is 33.0. The second-order valence-corrected chi connectivity index (χ2v) is 16.4. The van der Waals surface area contributed by atoms with Crippen LogP contribution in [0, 0.1) is 0 Å².